The maximum atomic E-state index is 7.08. The summed E-state index contributed by atoms with van der Waals surface area (Å²) < 4.78 is 7.08. The lowest BCUT2D eigenvalue weighted by Gasteiger charge is -2.38. The molecule has 1 aliphatic heterocycles. The number of hydrogen-bond donors (Lipinski definition) is 1. The number of nitrogens with two attached hydrogens (primary N) is 1. The van der Waals surface area contributed by atoms with E-state index in [9.17, 15) is 0 Å². The Morgan fingerprint density at radius 1 is 0.808 bits per heavy atom. The van der Waals surface area contributed by atoms with E-state index in [1.807, 2.05) is 13.0 Å². The Hall–Kier alpha value is -5.60. The first-order valence-corrected chi connectivity index (χ1v) is 18.9. The fourth-order valence-electron chi connectivity index (χ4n) is 10.2. The monoisotopic (exact) mass is 673 g/mol. The smallest absolute Gasteiger partial charge is 0.138 e. The van der Waals surface area contributed by atoms with E-state index in [4.69, 9.17) is 10.5 Å². The highest BCUT2D eigenvalue weighted by molar-refractivity contribution is 5.98. The number of benzene rings is 4. The van der Waals surface area contributed by atoms with Crippen LogP contribution in [0.5, 0.6) is 5.75 Å². The molecule has 0 bridgehead atoms. The van der Waals surface area contributed by atoms with Gasteiger partial charge in [-0.2, -0.15) is 0 Å². The third-order valence-electron chi connectivity index (χ3n) is 12.7. The zero-order valence-corrected chi connectivity index (χ0v) is 30.2. The molecule has 4 aromatic carbocycles. The molecule has 52 heavy (non-hydrogen) atoms. The van der Waals surface area contributed by atoms with Gasteiger partial charge in [0, 0.05) is 22.7 Å². The van der Waals surface area contributed by atoms with Crippen molar-refractivity contribution in [2.24, 2.45) is 5.73 Å². The Kier molecular flexibility index (Phi) is 6.86. The number of para-hydroxylation sites is 1. The van der Waals surface area contributed by atoms with Crippen molar-refractivity contribution < 1.29 is 4.74 Å². The highest BCUT2D eigenvalue weighted by Crippen LogP contribution is 2.67. The molecule has 254 valence electrons. The van der Waals surface area contributed by atoms with Crippen LogP contribution in [0.25, 0.3) is 22.3 Å². The Morgan fingerprint density at radius 2 is 1.56 bits per heavy atom. The summed E-state index contributed by atoms with van der Waals surface area (Å²) in [5.41, 5.74) is 25.4. The number of rotatable bonds is 4. The molecule has 0 radical (unpaired) electrons. The van der Waals surface area contributed by atoms with Gasteiger partial charge in [-0.05, 0) is 119 Å². The van der Waals surface area contributed by atoms with Crippen LogP contribution in [0.2, 0.25) is 0 Å². The zero-order chi connectivity index (χ0) is 35.2. The van der Waals surface area contributed by atoms with Gasteiger partial charge in [0.2, 0.25) is 0 Å². The van der Waals surface area contributed by atoms with Gasteiger partial charge >= 0.3 is 0 Å². The molecule has 2 atom stereocenters. The maximum Gasteiger partial charge on any atom is 0.138 e. The maximum absolute atomic E-state index is 7.08. The Labute approximate surface area is 307 Å². The molecule has 5 aliphatic carbocycles. The standard InChI is InChI=1S/C50H43NO/c1-4-13-31(2)47(51)34-24-22-33(23-25-34)36-18-12-21-43-48(36)52-46-29-40-39-27-26-35(32-14-6-5-7-15-32)28-44(39)50(45(40)30-49(43,46)3)41-19-10-8-16-37(41)38-17-9-11-20-42(38)50/h4-14,16-22,24,26-29,32H,15,23,25,30,51H2,1-3H3/b13-4-,47-31-. The highest BCUT2D eigenvalue weighted by atomic mass is 16.5. The summed E-state index contributed by atoms with van der Waals surface area (Å²) in [6.45, 7) is 6.53. The summed E-state index contributed by atoms with van der Waals surface area (Å²) in [7, 11) is 0. The number of allylic oxidation sites excluding steroid dienone is 15. The van der Waals surface area contributed by atoms with Crippen LogP contribution < -0.4 is 10.5 Å². The van der Waals surface area contributed by atoms with Crippen molar-refractivity contribution in [3.05, 3.63) is 207 Å². The second-order valence-electron chi connectivity index (χ2n) is 15.5. The fourth-order valence-corrected chi connectivity index (χ4v) is 10.2. The summed E-state index contributed by atoms with van der Waals surface area (Å²) in [4.78, 5) is 0. The average Bonchev–Trinajstić information content (AvgIpc) is 3.77. The van der Waals surface area contributed by atoms with Gasteiger partial charge in [-0.3, -0.25) is 0 Å². The third kappa shape index (κ3) is 4.18. The van der Waals surface area contributed by atoms with E-state index in [2.05, 4.69) is 147 Å². The largest absolute Gasteiger partial charge is 0.460 e. The van der Waals surface area contributed by atoms with Crippen molar-refractivity contribution in [2.75, 3.05) is 0 Å². The molecule has 0 fully saturated rings. The first-order valence-electron chi connectivity index (χ1n) is 18.9. The van der Waals surface area contributed by atoms with Crippen LogP contribution in [0.3, 0.4) is 0 Å². The molecule has 0 saturated carbocycles. The minimum absolute atomic E-state index is 0.293. The predicted octanol–water partition coefficient (Wildman–Crippen LogP) is 11.9. The summed E-state index contributed by atoms with van der Waals surface area (Å²) in [6.07, 6.45) is 23.8. The topological polar surface area (TPSA) is 35.2 Å². The predicted molar refractivity (Wildman–Crippen MR) is 215 cm³/mol. The quantitative estimate of drug-likeness (QED) is 0.219. The molecule has 4 aromatic rings. The second-order valence-corrected chi connectivity index (χ2v) is 15.5. The minimum atomic E-state index is -0.362. The van der Waals surface area contributed by atoms with Crippen molar-refractivity contribution in [2.45, 2.75) is 63.2 Å². The summed E-state index contributed by atoms with van der Waals surface area (Å²) in [5, 5.41) is 0. The van der Waals surface area contributed by atoms with Gasteiger partial charge < -0.3 is 10.5 Å². The van der Waals surface area contributed by atoms with Crippen molar-refractivity contribution in [3.8, 4) is 16.9 Å². The van der Waals surface area contributed by atoms with Crippen molar-refractivity contribution >= 4 is 11.1 Å². The van der Waals surface area contributed by atoms with Crippen LogP contribution in [0.1, 0.15) is 91.3 Å². The van der Waals surface area contributed by atoms with Crippen LogP contribution in [0.4, 0.5) is 0 Å². The molecule has 6 aliphatic rings. The molecule has 1 heterocycles. The molecule has 0 amide bonds. The third-order valence-corrected chi connectivity index (χ3v) is 12.7. The van der Waals surface area contributed by atoms with Crippen LogP contribution in [-0.4, -0.2) is 0 Å². The van der Waals surface area contributed by atoms with Crippen molar-refractivity contribution in [3.63, 3.8) is 0 Å². The van der Waals surface area contributed by atoms with Gasteiger partial charge in [0.1, 0.15) is 11.5 Å². The van der Waals surface area contributed by atoms with Gasteiger partial charge in [-0.25, -0.2) is 0 Å². The Morgan fingerprint density at radius 3 is 2.27 bits per heavy atom. The first kappa shape index (κ1) is 31.2. The van der Waals surface area contributed by atoms with Crippen molar-refractivity contribution in [1.29, 1.82) is 0 Å². The second kappa shape index (κ2) is 11.5. The van der Waals surface area contributed by atoms with Gasteiger partial charge in [-0.15, -0.1) is 0 Å². The van der Waals surface area contributed by atoms with Crippen molar-refractivity contribution in [1.82, 2.24) is 0 Å². The molecule has 10 rings (SSSR count). The molecular formula is C50H43NO. The van der Waals surface area contributed by atoms with Gasteiger partial charge in [-0.1, -0.05) is 134 Å². The summed E-state index contributed by atoms with van der Waals surface area (Å²) >= 11 is 0. The molecule has 2 heteroatoms. The highest BCUT2D eigenvalue weighted by Gasteiger charge is 2.57. The number of fused-ring (bicyclic) bond motifs is 12. The number of hydrogen-bond acceptors (Lipinski definition) is 2. The lowest BCUT2D eigenvalue weighted by molar-refractivity contribution is 0.369. The lowest BCUT2D eigenvalue weighted by Crippen LogP contribution is -2.34. The van der Waals surface area contributed by atoms with E-state index in [-0.39, 0.29) is 10.8 Å². The van der Waals surface area contributed by atoms with Crippen LogP contribution in [0, 0.1) is 0 Å². The zero-order valence-electron chi connectivity index (χ0n) is 30.2. The van der Waals surface area contributed by atoms with E-state index in [1.54, 1.807) is 0 Å². The van der Waals surface area contributed by atoms with E-state index in [0.29, 0.717) is 5.92 Å². The normalized spacial score (nSPS) is 23.2. The lowest BCUT2D eigenvalue weighted by atomic mass is 9.63. The molecular weight excluding hydrogens is 631 g/mol. The van der Waals surface area contributed by atoms with E-state index >= 15 is 0 Å². The minimum Gasteiger partial charge on any atom is -0.460 e. The van der Waals surface area contributed by atoms with Gasteiger partial charge in [0.05, 0.1) is 10.8 Å². The Balaban J connectivity index is 1.13. The molecule has 0 aromatic heterocycles. The molecule has 2 N–H and O–H groups in total. The first-order chi connectivity index (χ1) is 25.4. The summed E-state index contributed by atoms with van der Waals surface area (Å²) in [5.74, 6) is 2.45. The molecule has 0 saturated heterocycles. The Bertz CT molecular complexity index is 2440. The van der Waals surface area contributed by atoms with Crippen LogP contribution in [0.15, 0.2) is 168 Å². The molecule has 1 spiro atoms. The van der Waals surface area contributed by atoms with E-state index < -0.39 is 0 Å². The van der Waals surface area contributed by atoms with Crippen LogP contribution in [-0.2, 0) is 10.8 Å². The van der Waals surface area contributed by atoms with Gasteiger partial charge in [0.15, 0.2) is 0 Å². The fraction of sp³-hybridized carbons (Fsp3) is 0.200. The number of ether oxygens (including phenoxy) is 1. The van der Waals surface area contributed by atoms with E-state index in [1.165, 1.54) is 72.4 Å². The van der Waals surface area contributed by atoms with Crippen LogP contribution >= 0.6 is 0 Å². The summed E-state index contributed by atoms with van der Waals surface area (Å²) in [6, 6.07) is 32.4. The SMILES string of the molecule is C/C=C\C(C)=C(/N)C1=CC=C(c2cccc3c2OC2=CC4=C(CC23C)C2(c3cc(C5C=CC=CC5)ccc34)c3ccccc3-c3ccccc32)CC1. The van der Waals surface area contributed by atoms with E-state index in [0.717, 1.165) is 48.5 Å². The molecule has 2 nitrogen and oxygen atoms in total. The molecule has 2 unspecified atom stereocenters. The van der Waals surface area contributed by atoms with Gasteiger partial charge in [0.25, 0.3) is 0 Å². The average molecular weight is 674 g/mol.